The normalized spacial score (nSPS) is 15.0. The maximum atomic E-state index is 5.94. The van der Waals surface area contributed by atoms with Gasteiger partial charge in [-0.3, -0.25) is 4.98 Å². The van der Waals surface area contributed by atoms with Crippen LogP contribution in [0.3, 0.4) is 0 Å². The quantitative estimate of drug-likeness (QED) is 0.818. The van der Waals surface area contributed by atoms with Crippen LogP contribution in [0.1, 0.15) is 0 Å². The Balaban J connectivity index is 1.83. The number of morpholine rings is 1. The molecule has 2 aromatic rings. The molecule has 0 unspecified atom stereocenters. The lowest BCUT2D eigenvalue weighted by atomic mass is 10.4. The summed E-state index contributed by atoms with van der Waals surface area (Å²) in [6.45, 7) is 2.68. The van der Waals surface area contributed by atoms with Crippen LogP contribution in [0.15, 0.2) is 22.9 Å². The highest BCUT2D eigenvalue weighted by atomic mass is 79.9. The third-order valence-corrected chi connectivity index (χ3v) is 3.36. The Kier molecular flexibility index (Phi) is 4.47. The third-order valence-electron chi connectivity index (χ3n) is 2.76. The highest BCUT2D eigenvalue weighted by Gasteiger charge is 2.17. The van der Waals surface area contributed by atoms with E-state index in [4.69, 9.17) is 21.1 Å². The van der Waals surface area contributed by atoms with Crippen LogP contribution in [-0.4, -0.2) is 46.2 Å². The van der Waals surface area contributed by atoms with E-state index in [1.807, 2.05) is 4.90 Å². The van der Waals surface area contributed by atoms with Crippen molar-refractivity contribution in [2.75, 3.05) is 31.2 Å². The van der Waals surface area contributed by atoms with Crippen molar-refractivity contribution in [3.05, 3.63) is 28.2 Å². The van der Waals surface area contributed by atoms with Gasteiger partial charge in [-0.2, -0.15) is 15.0 Å². The first kappa shape index (κ1) is 14.4. The Morgan fingerprint density at radius 2 is 2.00 bits per heavy atom. The molecule has 0 amide bonds. The molecule has 3 heterocycles. The van der Waals surface area contributed by atoms with Crippen LogP contribution in [0.25, 0.3) is 0 Å². The molecule has 7 nitrogen and oxygen atoms in total. The highest BCUT2D eigenvalue weighted by Crippen LogP contribution is 2.23. The number of anilines is 1. The Morgan fingerprint density at radius 3 is 2.76 bits per heavy atom. The molecule has 1 fully saturated rings. The van der Waals surface area contributed by atoms with Gasteiger partial charge in [-0.05, 0) is 33.6 Å². The SMILES string of the molecule is Clc1nc(Oc2cncc(Br)c2)nc(N2CCOCC2)n1. The van der Waals surface area contributed by atoms with Crippen molar-refractivity contribution >= 4 is 33.5 Å². The van der Waals surface area contributed by atoms with Gasteiger partial charge in [0.15, 0.2) is 5.75 Å². The molecule has 0 spiro atoms. The average molecular weight is 373 g/mol. The first-order valence-electron chi connectivity index (χ1n) is 6.23. The number of pyridine rings is 1. The van der Waals surface area contributed by atoms with Crippen LogP contribution in [0, 0.1) is 0 Å². The smallest absolute Gasteiger partial charge is 0.328 e. The Morgan fingerprint density at radius 1 is 1.19 bits per heavy atom. The second kappa shape index (κ2) is 6.50. The average Bonchev–Trinajstić information content (AvgIpc) is 2.47. The number of ether oxygens (including phenoxy) is 2. The highest BCUT2D eigenvalue weighted by molar-refractivity contribution is 9.10. The summed E-state index contributed by atoms with van der Waals surface area (Å²) in [5.74, 6) is 0.996. The van der Waals surface area contributed by atoms with Gasteiger partial charge in [0, 0.05) is 23.8 Å². The fourth-order valence-corrected chi connectivity index (χ4v) is 2.32. The predicted octanol–water partition coefficient (Wildman–Crippen LogP) is 2.31. The second-order valence-electron chi connectivity index (χ2n) is 4.23. The van der Waals surface area contributed by atoms with E-state index in [1.54, 1.807) is 18.5 Å². The zero-order valence-corrected chi connectivity index (χ0v) is 13.2. The number of hydrogen-bond acceptors (Lipinski definition) is 7. The second-order valence-corrected chi connectivity index (χ2v) is 5.48. The largest absolute Gasteiger partial charge is 0.422 e. The summed E-state index contributed by atoms with van der Waals surface area (Å²) in [7, 11) is 0. The molecule has 9 heteroatoms. The minimum Gasteiger partial charge on any atom is -0.422 e. The van der Waals surface area contributed by atoms with Crippen LogP contribution in [0.5, 0.6) is 11.8 Å². The fraction of sp³-hybridized carbons (Fsp3) is 0.333. The zero-order chi connectivity index (χ0) is 14.7. The molecule has 2 aromatic heterocycles. The van der Waals surface area contributed by atoms with Crippen LogP contribution in [0.2, 0.25) is 5.28 Å². The first-order chi connectivity index (χ1) is 10.2. The van der Waals surface area contributed by atoms with Crippen molar-refractivity contribution in [2.45, 2.75) is 0 Å². The van der Waals surface area contributed by atoms with Crippen molar-refractivity contribution in [3.63, 3.8) is 0 Å². The Labute approximate surface area is 134 Å². The van der Waals surface area contributed by atoms with Crippen LogP contribution in [0.4, 0.5) is 5.95 Å². The maximum Gasteiger partial charge on any atom is 0.328 e. The number of hydrogen-bond donors (Lipinski definition) is 0. The van der Waals surface area contributed by atoms with Gasteiger partial charge < -0.3 is 14.4 Å². The van der Waals surface area contributed by atoms with Crippen molar-refractivity contribution in [2.24, 2.45) is 0 Å². The molecule has 0 radical (unpaired) electrons. The molecule has 0 aliphatic carbocycles. The monoisotopic (exact) mass is 371 g/mol. The van der Waals surface area contributed by atoms with Gasteiger partial charge in [0.2, 0.25) is 11.2 Å². The lowest BCUT2D eigenvalue weighted by molar-refractivity contribution is 0.122. The molecule has 3 rings (SSSR count). The van der Waals surface area contributed by atoms with Crippen LogP contribution >= 0.6 is 27.5 Å². The van der Waals surface area contributed by atoms with E-state index >= 15 is 0 Å². The van der Waals surface area contributed by atoms with Gasteiger partial charge in [-0.25, -0.2) is 0 Å². The molecular formula is C12H11BrClN5O2. The lowest BCUT2D eigenvalue weighted by Crippen LogP contribution is -2.37. The van der Waals surface area contributed by atoms with E-state index < -0.39 is 0 Å². The number of halogens is 2. The predicted molar refractivity (Wildman–Crippen MR) is 79.9 cm³/mol. The standard InChI is InChI=1S/C12H11BrClN5O2/c13-8-5-9(7-15-6-8)21-12-17-10(14)16-11(18-12)19-1-3-20-4-2-19/h5-7H,1-4H2. The molecular weight excluding hydrogens is 362 g/mol. The summed E-state index contributed by atoms with van der Waals surface area (Å²) >= 11 is 9.26. The molecule has 0 aromatic carbocycles. The molecule has 0 N–H and O–H groups in total. The molecule has 1 aliphatic rings. The van der Waals surface area contributed by atoms with Gasteiger partial charge in [0.25, 0.3) is 0 Å². The maximum absolute atomic E-state index is 5.94. The van der Waals surface area contributed by atoms with Gasteiger partial charge >= 0.3 is 6.01 Å². The van der Waals surface area contributed by atoms with Crippen molar-refractivity contribution in [3.8, 4) is 11.8 Å². The summed E-state index contributed by atoms with van der Waals surface area (Å²) in [6, 6.07) is 1.90. The van der Waals surface area contributed by atoms with Crippen molar-refractivity contribution < 1.29 is 9.47 Å². The number of nitrogens with zero attached hydrogens (tertiary/aromatic N) is 5. The lowest BCUT2D eigenvalue weighted by Gasteiger charge is -2.26. The van der Waals surface area contributed by atoms with E-state index in [0.717, 1.165) is 4.47 Å². The van der Waals surface area contributed by atoms with Gasteiger partial charge in [0.05, 0.1) is 19.4 Å². The van der Waals surface area contributed by atoms with Gasteiger partial charge in [0.1, 0.15) is 0 Å². The van der Waals surface area contributed by atoms with Gasteiger partial charge in [-0.1, -0.05) is 0 Å². The minimum absolute atomic E-state index is 0.0875. The molecule has 110 valence electrons. The van der Waals surface area contributed by atoms with Crippen molar-refractivity contribution in [1.29, 1.82) is 0 Å². The zero-order valence-electron chi connectivity index (χ0n) is 10.9. The molecule has 1 saturated heterocycles. The van der Waals surface area contributed by atoms with Crippen LogP contribution < -0.4 is 9.64 Å². The van der Waals surface area contributed by atoms with Gasteiger partial charge in [-0.15, -0.1) is 0 Å². The number of aromatic nitrogens is 4. The summed E-state index contributed by atoms with van der Waals surface area (Å²) in [5, 5.41) is 0.0875. The Hall–Kier alpha value is -1.51. The summed E-state index contributed by atoms with van der Waals surface area (Å²) in [4.78, 5) is 18.4. The van der Waals surface area contributed by atoms with E-state index in [0.29, 0.717) is 38.0 Å². The molecule has 0 saturated carbocycles. The van der Waals surface area contributed by atoms with E-state index in [-0.39, 0.29) is 11.3 Å². The molecule has 0 bridgehead atoms. The summed E-state index contributed by atoms with van der Waals surface area (Å²) in [5.41, 5.74) is 0. The summed E-state index contributed by atoms with van der Waals surface area (Å²) < 4.78 is 11.7. The fourth-order valence-electron chi connectivity index (χ4n) is 1.83. The van der Waals surface area contributed by atoms with E-state index in [2.05, 4.69) is 35.9 Å². The minimum atomic E-state index is 0.0875. The van der Waals surface area contributed by atoms with E-state index in [1.165, 1.54) is 0 Å². The van der Waals surface area contributed by atoms with E-state index in [9.17, 15) is 0 Å². The number of rotatable bonds is 3. The van der Waals surface area contributed by atoms with Crippen molar-refractivity contribution in [1.82, 2.24) is 19.9 Å². The third kappa shape index (κ3) is 3.78. The first-order valence-corrected chi connectivity index (χ1v) is 7.40. The summed E-state index contributed by atoms with van der Waals surface area (Å²) in [6.07, 6.45) is 3.23. The van der Waals surface area contributed by atoms with Crippen LogP contribution in [-0.2, 0) is 4.74 Å². The Bertz CT molecular complexity index is 639. The molecule has 21 heavy (non-hydrogen) atoms. The molecule has 1 aliphatic heterocycles. The molecule has 0 atom stereocenters. The topological polar surface area (TPSA) is 73.3 Å².